The SMILES string of the molecule is COc1cc(/C=c2\s/c(=C\C(=O)c3ccco3)[nH]c2=O)ccc1OCc1ccccc1. The Bertz CT molecular complexity index is 1350. The summed E-state index contributed by atoms with van der Waals surface area (Å²) in [5.74, 6) is 1.09. The van der Waals surface area contributed by atoms with Crippen molar-refractivity contribution in [2.75, 3.05) is 7.11 Å². The first-order chi connectivity index (χ1) is 15.1. The summed E-state index contributed by atoms with van der Waals surface area (Å²) >= 11 is 1.19. The van der Waals surface area contributed by atoms with Gasteiger partial charge in [0.1, 0.15) is 6.61 Å². The molecule has 4 rings (SSSR count). The van der Waals surface area contributed by atoms with E-state index in [2.05, 4.69) is 4.98 Å². The van der Waals surface area contributed by atoms with Gasteiger partial charge in [0.2, 0.25) is 5.78 Å². The standard InChI is InChI=1S/C24H19NO5S/c1-28-21-12-17(9-10-20(21)30-15-16-6-3-2-4-7-16)13-22-24(27)25-23(31-22)14-18(26)19-8-5-11-29-19/h2-14H,15H2,1H3,(H,25,27)/b22-13-,23-14-. The van der Waals surface area contributed by atoms with Crippen molar-refractivity contribution in [2.45, 2.75) is 6.61 Å². The van der Waals surface area contributed by atoms with Gasteiger partial charge in [-0.25, -0.2) is 0 Å². The van der Waals surface area contributed by atoms with Crippen LogP contribution in [0, 0.1) is 0 Å². The van der Waals surface area contributed by atoms with Crippen LogP contribution in [0.15, 0.2) is 76.1 Å². The van der Waals surface area contributed by atoms with Gasteiger partial charge in [0.25, 0.3) is 5.56 Å². The number of thiazole rings is 1. The Morgan fingerprint density at radius 2 is 1.94 bits per heavy atom. The van der Waals surface area contributed by atoms with Crippen LogP contribution in [-0.2, 0) is 6.61 Å². The van der Waals surface area contributed by atoms with Crippen molar-refractivity contribution in [1.82, 2.24) is 4.98 Å². The highest BCUT2D eigenvalue weighted by Crippen LogP contribution is 2.29. The zero-order valence-electron chi connectivity index (χ0n) is 16.7. The number of carbonyl (C=O) groups is 1. The highest BCUT2D eigenvalue weighted by atomic mass is 32.1. The third kappa shape index (κ3) is 5.02. The summed E-state index contributed by atoms with van der Waals surface area (Å²) in [6, 6.07) is 18.5. The van der Waals surface area contributed by atoms with E-state index in [0.717, 1.165) is 11.1 Å². The molecule has 31 heavy (non-hydrogen) atoms. The lowest BCUT2D eigenvalue weighted by atomic mass is 10.2. The molecular weight excluding hydrogens is 414 g/mol. The molecule has 0 spiro atoms. The fourth-order valence-corrected chi connectivity index (χ4v) is 3.80. The Hall–Kier alpha value is -3.84. The van der Waals surface area contributed by atoms with Gasteiger partial charge >= 0.3 is 0 Å². The number of hydrogen-bond donors (Lipinski definition) is 1. The highest BCUT2D eigenvalue weighted by molar-refractivity contribution is 7.07. The molecule has 0 bridgehead atoms. The number of methoxy groups -OCH3 is 1. The topological polar surface area (TPSA) is 81.5 Å². The molecule has 2 aromatic carbocycles. The van der Waals surface area contributed by atoms with Gasteiger partial charge in [-0.1, -0.05) is 36.4 Å². The molecule has 0 aliphatic rings. The number of aromatic nitrogens is 1. The van der Waals surface area contributed by atoms with Crippen LogP contribution in [0.4, 0.5) is 0 Å². The van der Waals surface area contributed by atoms with Crippen molar-refractivity contribution in [2.24, 2.45) is 0 Å². The second kappa shape index (κ2) is 9.32. The second-order valence-electron chi connectivity index (χ2n) is 6.60. The van der Waals surface area contributed by atoms with Crippen LogP contribution in [0.2, 0.25) is 0 Å². The number of ether oxygens (including phenoxy) is 2. The number of Topliss-reactive ketones (excluding diaryl/α,β-unsaturated/α-hetero) is 1. The lowest BCUT2D eigenvalue weighted by Crippen LogP contribution is -2.20. The van der Waals surface area contributed by atoms with Crippen molar-refractivity contribution >= 4 is 29.3 Å². The Morgan fingerprint density at radius 1 is 1.10 bits per heavy atom. The van der Waals surface area contributed by atoms with Gasteiger partial charge in [-0.3, -0.25) is 9.59 Å². The highest BCUT2D eigenvalue weighted by Gasteiger charge is 2.07. The first-order valence-corrected chi connectivity index (χ1v) is 10.3. The Morgan fingerprint density at radius 3 is 2.68 bits per heavy atom. The van der Waals surface area contributed by atoms with E-state index in [9.17, 15) is 9.59 Å². The monoisotopic (exact) mass is 433 g/mol. The van der Waals surface area contributed by atoms with Gasteiger partial charge in [-0.15, -0.1) is 11.3 Å². The molecule has 0 amide bonds. The average Bonchev–Trinajstić information content (AvgIpc) is 3.44. The minimum Gasteiger partial charge on any atom is -0.493 e. The van der Waals surface area contributed by atoms with Gasteiger partial charge in [0.15, 0.2) is 17.3 Å². The molecule has 6 nitrogen and oxygen atoms in total. The molecule has 0 saturated carbocycles. The van der Waals surface area contributed by atoms with Crippen LogP contribution < -0.4 is 24.2 Å². The maximum atomic E-state index is 12.3. The molecular formula is C24H19NO5S. The fourth-order valence-electron chi connectivity index (χ4n) is 2.91. The zero-order valence-corrected chi connectivity index (χ0v) is 17.5. The van der Waals surface area contributed by atoms with E-state index in [4.69, 9.17) is 13.9 Å². The van der Waals surface area contributed by atoms with Crippen molar-refractivity contribution in [1.29, 1.82) is 0 Å². The van der Waals surface area contributed by atoms with E-state index in [1.807, 2.05) is 42.5 Å². The number of furan rings is 1. The molecule has 4 aromatic rings. The lowest BCUT2D eigenvalue weighted by molar-refractivity contribution is 0.103. The van der Waals surface area contributed by atoms with Crippen molar-refractivity contribution < 1.29 is 18.7 Å². The summed E-state index contributed by atoms with van der Waals surface area (Å²) in [5, 5.41) is 0. The molecule has 0 radical (unpaired) electrons. The largest absolute Gasteiger partial charge is 0.493 e. The summed E-state index contributed by atoms with van der Waals surface area (Å²) in [6.45, 7) is 0.424. The molecule has 1 N–H and O–H groups in total. The molecule has 0 aliphatic carbocycles. The molecule has 0 saturated heterocycles. The maximum Gasteiger partial charge on any atom is 0.266 e. The molecule has 0 aliphatic heterocycles. The van der Waals surface area contributed by atoms with Crippen molar-refractivity contribution in [3.8, 4) is 11.5 Å². The van der Waals surface area contributed by atoms with Crippen LogP contribution >= 0.6 is 11.3 Å². The van der Waals surface area contributed by atoms with Crippen LogP contribution in [0.25, 0.3) is 12.2 Å². The van der Waals surface area contributed by atoms with Crippen molar-refractivity contribution in [3.63, 3.8) is 0 Å². The summed E-state index contributed by atoms with van der Waals surface area (Å²) in [6.07, 6.45) is 4.52. The first kappa shape index (κ1) is 20.4. The number of rotatable bonds is 7. The smallest absolute Gasteiger partial charge is 0.266 e. The summed E-state index contributed by atoms with van der Waals surface area (Å²) < 4.78 is 17.3. The van der Waals surface area contributed by atoms with Crippen LogP contribution in [0.1, 0.15) is 21.7 Å². The van der Waals surface area contributed by atoms with Crippen LogP contribution in [0.3, 0.4) is 0 Å². The minimum atomic E-state index is -0.310. The Balaban J connectivity index is 1.58. The fraction of sp³-hybridized carbons (Fsp3) is 0.0833. The number of hydrogen-bond acceptors (Lipinski definition) is 6. The van der Waals surface area contributed by atoms with Gasteiger partial charge in [-0.05, 0) is 41.5 Å². The predicted molar refractivity (Wildman–Crippen MR) is 119 cm³/mol. The third-order valence-corrected chi connectivity index (χ3v) is 5.39. The zero-order chi connectivity index (χ0) is 21.6. The van der Waals surface area contributed by atoms with E-state index in [0.29, 0.717) is 27.3 Å². The van der Waals surface area contributed by atoms with Gasteiger partial charge < -0.3 is 18.9 Å². The third-order valence-electron chi connectivity index (χ3n) is 4.43. The van der Waals surface area contributed by atoms with E-state index < -0.39 is 0 Å². The number of benzene rings is 2. The van der Waals surface area contributed by atoms with E-state index in [1.54, 1.807) is 31.4 Å². The molecule has 156 valence electrons. The lowest BCUT2D eigenvalue weighted by Gasteiger charge is -2.11. The van der Waals surface area contributed by atoms with E-state index in [1.165, 1.54) is 23.7 Å². The molecule has 2 aromatic heterocycles. The Labute approximate surface area is 181 Å². The quantitative estimate of drug-likeness (QED) is 0.453. The minimum absolute atomic E-state index is 0.218. The summed E-state index contributed by atoms with van der Waals surface area (Å²) in [4.78, 5) is 27.1. The van der Waals surface area contributed by atoms with Crippen molar-refractivity contribution in [3.05, 3.63) is 103 Å². The van der Waals surface area contributed by atoms with Crippen LogP contribution in [-0.4, -0.2) is 17.9 Å². The molecule has 2 heterocycles. The summed E-state index contributed by atoms with van der Waals surface area (Å²) in [5.41, 5.74) is 1.56. The van der Waals surface area contributed by atoms with E-state index in [-0.39, 0.29) is 17.1 Å². The molecule has 0 atom stereocenters. The Kier molecular flexibility index (Phi) is 6.14. The average molecular weight is 433 g/mol. The molecule has 0 unspecified atom stereocenters. The number of nitrogens with one attached hydrogen (secondary N) is 1. The molecule has 7 heteroatoms. The summed E-state index contributed by atoms with van der Waals surface area (Å²) in [7, 11) is 1.57. The molecule has 0 fully saturated rings. The predicted octanol–water partition coefficient (Wildman–Crippen LogP) is 3.11. The number of ketones is 1. The van der Waals surface area contributed by atoms with Gasteiger partial charge in [-0.2, -0.15) is 0 Å². The maximum absolute atomic E-state index is 12.3. The van der Waals surface area contributed by atoms with Gasteiger partial charge in [0.05, 0.1) is 22.6 Å². The van der Waals surface area contributed by atoms with Gasteiger partial charge in [0, 0.05) is 6.08 Å². The number of carbonyl (C=O) groups excluding carboxylic acids is 1. The normalized spacial score (nSPS) is 12.2. The first-order valence-electron chi connectivity index (χ1n) is 9.47. The number of aromatic amines is 1. The number of H-pyrrole nitrogens is 1. The van der Waals surface area contributed by atoms with E-state index >= 15 is 0 Å². The van der Waals surface area contributed by atoms with Crippen LogP contribution in [0.5, 0.6) is 11.5 Å². The second-order valence-corrected chi connectivity index (χ2v) is 7.68.